The summed E-state index contributed by atoms with van der Waals surface area (Å²) in [6.07, 6.45) is 21.3. The van der Waals surface area contributed by atoms with Crippen molar-refractivity contribution in [3.63, 3.8) is 0 Å². The minimum Gasteiger partial charge on any atom is -0.550 e. The average Bonchev–Trinajstić information content (AvgIpc) is 3.02. The van der Waals surface area contributed by atoms with E-state index >= 15 is 0 Å². The number of unbranched alkanes of at least 4 members (excludes halogenated alkanes) is 10. The van der Waals surface area contributed by atoms with Crippen LogP contribution in [0.4, 0.5) is 0 Å². The topological polar surface area (TPSA) is 201 Å². The van der Waals surface area contributed by atoms with Gasteiger partial charge in [0.15, 0.2) is 0 Å². The molecule has 0 aliphatic rings. The summed E-state index contributed by atoms with van der Waals surface area (Å²) in [5, 5.41) is 50.2. The van der Waals surface area contributed by atoms with Gasteiger partial charge in [-0.2, -0.15) is 0 Å². The molecule has 0 aromatic heterocycles. The second-order valence-corrected chi connectivity index (χ2v) is 22.5. The van der Waals surface area contributed by atoms with Gasteiger partial charge in [-0.3, -0.25) is 0 Å². The van der Waals surface area contributed by atoms with E-state index in [1.807, 2.05) is 0 Å². The predicted octanol–water partition coefficient (Wildman–Crippen LogP) is 8.28. The Morgan fingerprint density at radius 1 is 0.258 bits per heavy atom. The van der Waals surface area contributed by atoms with Crippen LogP contribution < -0.4 is 25.5 Å². The molecule has 2 radical (unpaired) electrons. The van der Waals surface area contributed by atoms with Crippen molar-refractivity contribution < 1.29 is 69.0 Å². The van der Waals surface area contributed by atoms with Gasteiger partial charge in [-0.05, 0) is 123 Å². The molecule has 0 aromatic carbocycles. The third-order valence-electron chi connectivity index (χ3n) is 9.04. The molecule has 0 heterocycles. The van der Waals surface area contributed by atoms with E-state index in [0.29, 0.717) is 27.1 Å². The molecule has 0 spiro atoms. The van der Waals surface area contributed by atoms with E-state index in [-0.39, 0.29) is 77.8 Å². The van der Waals surface area contributed by atoms with E-state index in [1.165, 1.54) is 32.1 Å². The van der Waals surface area contributed by atoms with Gasteiger partial charge in [0, 0.05) is 29.8 Å². The van der Waals surface area contributed by atoms with E-state index in [2.05, 4.69) is 104 Å². The van der Waals surface area contributed by atoms with Crippen molar-refractivity contribution in [1.82, 2.24) is 0 Å². The Morgan fingerprint density at radius 3 is 0.452 bits per heavy atom. The van der Waals surface area contributed by atoms with Crippen molar-refractivity contribution in [2.45, 2.75) is 264 Å². The zero-order valence-corrected chi connectivity index (χ0v) is 49.4. The Bertz CT molecular complexity index is 878. The second-order valence-electron chi connectivity index (χ2n) is 22.5. The molecule has 12 heteroatoms. The Labute approximate surface area is 414 Å². The Morgan fingerprint density at radius 2 is 0.371 bits per heavy atom. The van der Waals surface area contributed by atoms with E-state index in [1.54, 1.807) is 0 Å². The summed E-state index contributed by atoms with van der Waals surface area (Å²) >= 11 is 0. The van der Waals surface area contributed by atoms with Gasteiger partial charge in [-0.1, -0.05) is 168 Å². The Hall–Kier alpha value is -1.14. The molecule has 0 aliphatic carbocycles. The second kappa shape index (κ2) is 43.7. The minimum atomic E-state index is -0.925. The molecule has 0 atom stereocenters. The molecule has 0 rings (SSSR count). The van der Waals surface area contributed by atoms with E-state index in [9.17, 15) is 49.5 Å². The molecule has 0 bridgehead atoms. The first-order valence-electron chi connectivity index (χ1n) is 23.1. The fourth-order valence-electron chi connectivity index (χ4n) is 5.51. The molecule has 0 fully saturated rings. The van der Waals surface area contributed by atoms with Crippen LogP contribution in [-0.2, 0) is 43.5 Å². The van der Waals surface area contributed by atoms with Crippen molar-refractivity contribution in [1.29, 1.82) is 0 Å². The van der Waals surface area contributed by atoms with Gasteiger partial charge in [0.05, 0.1) is 0 Å². The number of carbonyl (C=O) groups excluding carboxylic acids is 5. The number of aliphatic carboxylic acids is 5. The molecular weight excluding hydrogens is 1030 g/mol. The number of hydrogen-bond acceptors (Lipinski definition) is 10. The fourth-order valence-corrected chi connectivity index (χ4v) is 5.51. The van der Waals surface area contributed by atoms with Crippen LogP contribution in [-0.4, -0.2) is 56.0 Å². The van der Waals surface area contributed by atoms with Gasteiger partial charge in [0.25, 0.3) is 0 Å². The third kappa shape index (κ3) is 102. The van der Waals surface area contributed by atoms with Crippen molar-refractivity contribution in [2.24, 2.45) is 27.1 Å². The standard InChI is InChI=1S/5C10H20O2.Bi.Zn/c5*1-10(2,3)8-6-4-5-7-9(11)12;;/h5*4-8H2,1-3H3,(H,11,12);;/q;;;;;+3;+2/p-5. The zero-order chi connectivity index (χ0) is 48.1. The zero-order valence-electron chi connectivity index (χ0n) is 42.9. The quantitative estimate of drug-likeness (QED) is 0.0633. The van der Waals surface area contributed by atoms with Crippen LogP contribution in [0.3, 0.4) is 0 Å². The molecule has 0 aromatic rings. The number of carbonyl (C=O) groups is 5. The van der Waals surface area contributed by atoms with Gasteiger partial charge >= 0.3 is 45.7 Å². The average molecular weight is 1130 g/mol. The molecule has 0 saturated heterocycles. The van der Waals surface area contributed by atoms with Crippen LogP contribution in [0.2, 0.25) is 0 Å². The summed E-state index contributed by atoms with van der Waals surface area (Å²) in [6, 6.07) is 0. The maximum absolute atomic E-state index is 10.0. The van der Waals surface area contributed by atoms with Crippen molar-refractivity contribution >= 4 is 56.0 Å². The minimum absolute atomic E-state index is 0. The molecule has 0 amide bonds. The van der Waals surface area contributed by atoms with Crippen LogP contribution in [0, 0.1) is 27.1 Å². The van der Waals surface area contributed by atoms with Crippen LogP contribution in [0.15, 0.2) is 0 Å². The third-order valence-corrected chi connectivity index (χ3v) is 9.04. The number of carboxylic acids is 5. The Balaban J connectivity index is -0.000000121. The maximum atomic E-state index is 10.0. The normalized spacial score (nSPS) is 11.2. The molecule has 0 N–H and O–H groups in total. The summed E-state index contributed by atoms with van der Waals surface area (Å²) in [5.74, 6) is -4.63. The van der Waals surface area contributed by atoms with Crippen LogP contribution >= 0.6 is 0 Å². The molecular formula is C50H95BiO10Zn. The first-order valence-corrected chi connectivity index (χ1v) is 23.1. The van der Waals surface area contributed by atoms with Crippen molar-refractivity contribution in [3.05, 3.63) is 0 Å². The van der Waals surface area contributed by atoms with Gasteiger partial charge in [-0.25, -0.2) is 0 Å². The number of hydrogen-bond donors (Lipinski definition) is 0. The summed E-state index contributed by atoms with van der Waals surface area (Å²) in [5.41, 5.74) is 1.88. The summed E-state index contributed by atoms with van der Waals surface area (Å²) in [4.78, 5) is 50.2. The molecule has 62 heavy (non-hydrogen) atoms. The molecule has 0 aliphatic heterocycles. The van der Waals surface area contributed by atoms with Gasteiger partial charge < -0.3 is 49.5 Å². The molecule has 362 valence electrons. The van der Waals surface area contributed by atoms with Gasteiger partial charge in [-0.15, -0.1) is 0 Å². The van der Waals surface area contributed by atoms with E-state index in [0.717, 1.165) is 96.3 Å². The number of rotatable bonds is 25. The summed E-state index contributed by atoms with van der Waals surface area (Å²) in [7, 11) is 0. The summed E-state index contributed by atoms with van der Waals surface area (Å²) < 4.78 is 0. The van der Waals surface area contributed by atoms with Gasteiger partial charge in [0.2, 0.25) is 0 Å². The van der Waals surface area contributed by atoms with Crippen LogP contribution in [0.5, 0.6) is 0 Å². The first-order chi connectivity index (χ1) is 27.1. The SMILES string of the molecule is CC(C)(C)CCCCCC(=O)[O-].CC(C)(C)CCCCCC(=O)[O-].CC(C)(C)CCCCCC(=O)[O-].CC(C)(C)CCCCCC(=O)[O-].CC(C)(C)CCCCCC(=O)[O-].[Bi+3].[Zn+2]. The smallest absolute Gasteiger partial charge is 0.550 e. The van der Waals surface area contributed by atoms with E-state index in [4.69, 9.17) is 0 Å². The van der Waals surface area contributed by atoms with Crippen molar-refractivity contribution in [2.75, 3.05) is 0 Å². The summed E-state index contributed by atoms with van der Waals surface area (Å²) in [6.45, 7) is 33.0. The Kier molecular flexibility index (Phi) is 53.0. The predicted molar refractivity (Wildman–Crippen MR) is 243 cm³/mol. The van der Waals surface area contributed by atoms with Crippen LogP contribution in [0.1, 0.15) is 264 Å². The largest absolute Gasteiger partial charge is 3.00 e. The van der Waals surface area contributed by atoms with Gasteiger partial charge in [0.1, 0.15) is 0 Å². The first kappa shape index (κ1) is 75.2. The van der Waals surface area contributed by atoms with E-state index < -0.39 is 29.8 Å². The molecule has 10 nitrogen and oxygen atoms in total. The number of carboxylic acid groups (broad SMARTS) is 5. The molecule has 0 unspecified atom stereocenters. The monoisotopic (exact) mass is 1130 g/mol. The fraction of sp³-hybridized carbons (Fsp3) is 0.900. The molecule has 0 saturated carbocycles. The van der Waals surface area contributed by atoms with Crippen molar-refractivity contribution in [3.8, 4) is 0 Å². The maximum Gasteiger partial charge on any atom is 3.00 e. The van der Waals surface area contributed by atoms with Crippen LogP contribution in [0.25, 0.3) is 0 Å².